The second kappa shape index (κ2) is 6.87. The molecule has 0 saturated carbocycles. The van der Waals surface area contributed by atoms with Crippen LogP contribution >= 0.6 is 0 Å². The maximum atomic E-state index is 11.3. The fourth-order valence-corrected chi connectivity index (χ4v) is 1.68. The van der Waals surface area contributed by atoms with Crippen molar-refractivity contribution in [2.45, 2.75) is 38.8 Å². The maximum Gasteiger partial charge on any atom is 0.373 e. The van der Waals surface area contributed by atoms with Crippen LogP contribution < -0.4 is 5.32 Å². The highest BCUT2D eigenvalue weighted by molar-refractivity contribution is 5.86. The summed E-state index contributed by atoms with van der Waals surface area (Å²) >= 11 is 0. The molecule has 0 spiro atoms. The van der Waals surface area contributed by atoms with Gasteiger partial charge in [0.25, 0.3) is 0 Å². The number of rotatable bonds is 6. The van der Waals surface area contributed by atoms with Crippen LogP contribution in [-0.4, -0.2) is 19.1 Å². The van der Waals surface area contributed by atoms with E-state index in [1.807, 2.05) is 6.92 Å². The Bertz CT molecular complexity index is 430. The first-order valence-electron chi connectivity index (χ1n) is 6.02. The second-order valence-corrected chi connectivity index (χ2v) is 4.09. The molecule has 2 unspecified atom stereocenters. The molecule has 0 bridgehead atoms. The highest BCUT2D eigenvalue weighted by Gasteiger charge is 2.17. The van der Waals surface area contributed by atoms with Crippen molar-refractivity contribution < 1.29 is 13.9 Å². The van der Waals surface area contributed by atoms with Crippen molar-refractivity contribution in [3.8, 4) is 12.3 Å². The highest BCUT2D eigenvalue weighted by atomic mass is 16.5. The van der Waals surface area contributed by atoms with E-state index in [1.165, 1.54) is 7.11 Å². The minimum atomic E-state index is -0.476. The van der Waals surface area contributed by atoms with Gasteiger partial charge < -0.3 is 9.15 Å². The molecule has 1 rings (SSSR count). The van der Waals surface area contributed by atoms with Gasteiger partial charge in [-0.15, -0.1) is 6.42 Å². The predicted molar refractivity (Wildman–Crippen MR) is 69.1 cm³/mol. The molecule has 1 aromatic heterocycles. The summed E-state index contributed by atoms with van der Waals surface area (Å²) < 4.78 is 10.0. The van der Waals surface area contributed by atoms with Gasteiger partial charge in [0, 0.05) is 0 Å². The van der Waals surface area contributed by atoms with E-state index in [2.05, 4.69) is 22.9 Å². The topological polar surface area (TPSA) is 51.5 Å². The lowest BCUT2D eigenvalue weighted by Gasteiger charge is -2.16. The number of esters is 1. The van der Waals surface area contributed by atoms with Gasteiger partial charge in [0.1, 0.15) is 5.76 Å². The van der Waals surface area contributed by atoms with Crippen molar-refractivity contribution in [3.63, 3.8) is 0 Å². The summed E-state index contributed by atoms with van der Waals surface area (Å²) in [5.74, 6) is 3.10. The van der Waals surface area contributed by atoms with Crippen molar-refractivity contribution >= 4 is 5.97 Å². The minimum Gasteiger partial charge on any atom is -0.463 e. The fourth-order valence-electron chi connectivity index (χ4n) is 1.68. The summed E-state index contributed by atoms with van der Waals surface area (Å²) in [6.07, 6.45) is 7.37. The van der Waals surface area contributed by atoms with E-state index in [9.17, 15) is 4.79 Å². The van der Waals surface area contributed by atoms with Gasteiger partial charge in [0.2, 0.25) is 5.76 Å². The smallest absolute Gasteiger partial charge is 0.373 e. The molecule has 0 amide bonds. The number of carbonyl (C=O) groups excluding carboxylic acids is 1. The average molecular weight is 249 g/mol. The molecule has 4 nitrogen and oxygen atoms in total. The van der Waals surface area contributed by atoms with Gasteiger partial charge in [0.15, 0.2) is 0 Å². The van der Waals surface area contributed by atoms with Gasteiger partial charge in [-0.3, -0.25) is 5.32 Å². The summed E-state index contributed by atoms with van der Waals surface area (Å²) in [5.41, 5.74) is 0. The van der Waals surface area contributed by atoms with Crippen LogP contribution in [0.4, 0.5) is 0 Å². The first-order valence-corrected chi connectivity index (χ1v) is 6.02. The maximum absolute atomic E-state index is 11.3. The van der Waals surface area contributed by atoms with Crippen LogP contribution in [0.2, 0.25) is 0 Å². The molecule has 2 atom stereocenters. The largest absolute Gasteiger partial charge is 0.463 e. The molecule has 98 valence electrons. The van der Waals surface area contributed by atoms with Gasteiger partial charge in [-0.05, 0) is 25.5 Å². The van der Waals surface area contributed by atoms with E-state index < -0.39 is 5.97 Å². The van der Waals surface area contributed by atoms with E-state index in [4.69, 9.17) is 10.8 Å². The zero-order valence-corrected chi connectivity index (χ0v) is 11.0. The number of hydrogen-bond acceptors (Lipinski definition) is 4. The molecular weight excluding hydrogens is 230 g/mol. The third-order valence-corrected chi connectivity index (χ3v) is 2.67. The average Bonchev–Trinajstić information content (AvgIpc) is 2.86. The fraction of sp³-hybridized carbons (Fsp3) is 0.500. The molecule has 0 aliphatic carbocycles. The first-order chi connectivity index (χ1) is 8.62. The molecule has 0 aromatic carbocycles. The first kappa shape index (κ1) is 14.3. The molecule has 0 fully saturated rings. The molecule has 1 N–H and O–H groups in total. The van der Waals surface area contributed by atoms with Crippen molar-refractivity contribution in [1.29, 1.82) is 0 Å². The van der Waals surface area contributed by atoms with Gasteiger partial charge in [-0.2, -0.15) is 0 Å². The van der Waals surface area contributed by atoms with Gasteiger partial charge in [0.05, 0.1) is 19.2 Å². The number of terminal acetylenes is 1. The molecule has 4 heteroatoms. The second-order valence-electron chi connectivity index (χ2n) is 4.09. The van der Waals surface area contributed by atoms with E-state index in [0.29, 0.717) is 5.76 Å². The van der Waals surface area contributed by atoms with Crippen LogP contribution in [-0.2, 0) is 4.74 Å². The minimum absolute atomic E-state index is 0.0108. The molecule has 0 aliphatic rings. The SMILES string of the molecule is C#CC(CCC)NC(C)c1ccc(C(=O)OC)o1. The quantitative estimate of drug-likeness (QED) is 0.621. The van der Waals surface area contributed by atoms with Crippen molar-refractivity contribution in [1.82, 2.24) is 5.32 Å². The van der Waals surface area contributed by atoms with E-state index in [-0.39, 0.29) is 17.8 Å². The normalized spacial score (nSPS) is 13.7. The predicted octanol–water partition coefficient (Wildman–Crippen LogP) is 2.52. The van der Waals surface area contributed by atoms with Crippen LogP contribution in [0.3, 0.4) is 0 Å². The Morgan fingerprint density at radius 1 is 1.61 bits per heavy atom. The summed E-state index contributed by atoms with van der Waals surface area (Å²) in [6, 6.07) is 3.32. The summed E-state index contributed by atoms with van der Waals surface area (Å²) in [4.78, 5) is 11.3. The summed E-state index contributed by atoms with van der Waals surface area (Å²) in [6.45, 7) is 4.03. The van der Waals surface area contributed by atoms with E-state index in [1.54, 1.807) is 12.1 Å². The Labute approximate surface area is 108 Å². The Morgan fingerprint density at radius 3 is 2.89 bits per heavy atom. The molecule has 0 saturated heterocycles. The zero-order chi connectivity index (χ0) is 13.5. The van der Waals surface area contributed by atoms with Crippen LogP contribution in [0.1, 0.15) is 49.0 Å². The standard InChI is InChI=1S/C14H19NO3/c1-5-7-11(6-2)15-10(3)12-8-9-13(18-12)14(16)17-4/h2,8-11,15H,5,7H2,1,3-4H3. The monoisotopic (exact) mass is 249 g/mol. The van der Waals surface area contributed by atoms with Gasteiger partial charge in [-0.1, -0.05) is 19.3 Å². The van der Waals surface area contributed by atoms with Crippen LogP contribution in [0.5, 0.6) is 0 Å². The van der Waals surface area contributed by atoms with Gasteiger partial charge in [-0.25, -0.2) is 4.79 Å². The number of methoxy groups -OCH3 is 1. The molecule has 1 aromatic rings. The number of furan rings is 1. The molecule has 0 radical (unpaired) electrons. The Morgan fingerprint density at radius 2 is 2.33 bits per heavy atom. The van der Waals surface area contributed by atoms with Crippen molar-refractivity contribution in [2.75, 3.05) is 7.11 Å². The lowest BCUT2D eigenvalue weighted by molar-refractivity contribution is 0.0562. The lowest BCUT2D eigenvalue weighted by Crippen LogP contribution is -2.29. The van der Waals surface area contributed by atoms with Crippen LogP contribution in [0.25, 0.3) is 0 Å². The highest BCUT2D eigenvalue weighted by Crippen LogP contribution is 2.18. The van der Waals surface area contributed by atoms with Gasteiger partial charge >= 0.3 is 5.97 Å². The van der Waals surface area contributed by atoms with Crippen molar-refractivity contribution in [3.05, 3.63) is 23.7 Å². The Balaban J connectivity index is 2.67. The zero-order valence-electron chi connectivity index (χ0n) is 11.0. The Hall–Kier alpha value is -1.73. The summed E-state index contributed by atoms with van der Waals surface area (Å²) in [5, 5.41) is 3.27. The van der Waals surface area contributed by atoms with Crippen molar-refractivity contribution in [2.24, 2.45) is 0 Å². The number of ether oxygens (including phenoxy) is 1. The number of hydrogen-bond donors (Lipinski definition) is 1. The Kier molecular flexibility index (Phi) is 5.47. The molecule has 0 aliphatic heterocycles. The number of carbonyl (C=O) groups is 1. The third-order valence-electron chi connectivity index (χ3n) is 2.67. The number of nitrogens with one attached hydrogen (secondary N) is 1. The van der Waals surface area contributed by atoms with Crippen LogP contribution in [0, 0.1) is 12.3 Å². The van der Waals surface area contributed by atoms with E-state index >= 15 is 0 Å². The van der Waals surface area contributed by atoms with Crippen LogP contribution in [0.15, 0.2) is 16.5 Å². The lowest BCUT2D eigenvalue weighted by atomic mass is 10.1. The molecule has 18 heavy (non-hydrogen) atoms. The van der Waals surface area contributed by atoms with E-state index in [0.717, 1.165) is 12.8 Å². The summed E-state index contributed by atoms with van der Waals surface area (Å²) in [7, 11) is 1.32. The molecular formula is C14H19NO3. The third kappa shape index (κ3) is 3.64. The molecule has 1 heterocycles.